The van der Waals surface area contributed by atoms with Crippen molar-refractivity contribution in [3.63, 3.8) is 0 Å². The summed E-state index contributed by atoms with van der Waals surface area (Å²) in [5.41, 5.74) is -0.831. The molecule has 7 nitrogen and oxygen atoms in total. The second-order valence-corrected chi connectivity index (χ2v) is 5.85. The number of carbonyl (C=O) groups excluding carboxylic acids is 1. The van der Waals surface area contributed by atoms with Gasteiger partial charge in [-0.1, -0.05) is 0 Å². The maximum Gasteiger partial charge on any atom is 0.405 e. The van der Waals surface area contributed by atoms with Gasteiger partial charge in [-0.3, -0.25) is 14.9 Å². The SMILES string of the molecule is COc1cc(F)c([N+](=O)[O-])c(N2CCCC(C(=O)NCC(F)(F)F)C2)c1. The summed E-state index contributed by atoms with van der Waals surface area (Å²) in [5, 5.41) is 13.0. The molecule has 0 aromatic heterocycles. The first kappa shape index (κ1) is 19.7. The predicted molar refractivity (Wildman–Crippen MR) is 83.6 cm³/mol. The topological polar surface area (TPSA) is 84.7 Å². The molecule has 1 aliphatic heterocycles. The molecule has 1 aromatic rings. The van der Waals surface area contributed by atoms with Crippen molar-refractivity contribution in [3.8, 4) is 5.75 Å². The number of halogens is 4. The molecule has 1 aromatic carbocycles. The van der Waals surface area contributed by atoms with Crippen LogP contribution < -0.4 is 15.0 Å². The van der Waals surface area contributed by atoms with Crippen LogP contribution in [0.25, 0.3) is 0 Å². The summed E-state index contributed by atoms with van der Waals surface area (Å²) < 4.78 is 55.7. The fraction of sp³-hybridized carbons (Fsp3) is 0.533. The molecule has 1 aliphatic rings. The summed E-state index contributed by atoms with van der Waals surface area (Å²) >= 11 is 0. The van der Waals surface area contributed by atoms with Gasteiger partial charge in [0.25, 0.3) is 0 Å². The van der Waals surface area contributed by atoms with Gasteiger partial charge in [-0.15, -0.1) is 0 Å². The Bertz CT molecular complexity index is 696. The summed E-state index contributed by atoms with van der Waals surface area (Å²) in [4.78, 5) is 23.7. The zero-order valence-corrected chi connectivity index (χ0v) is 13.8. The van der Waals surface area contributed by atoms with E-state index < -0.39 is 41.0 Å². The van der Waals surface area contributed by atoms with E-state index in [-0.39, 0.29) is 18.0 Å². The number of nitrogens with zero attached hydrogens (tertiary/aromatic N) is 2. The summed E-state index contributed by atoms with van der Waals surface area (Å²) in [6.07, 6.45) is -3.78. The third-order valence-corrected chi connectivity index (χ3v) is 4.03. The molecule has 0 bridgehead atoms. The lowest BCUT2D eigenvalue weighted by Gasteiger charge is -2.33. The Morgan fingerprint density at radius 3 is 2.73 bits per heavy atom. The van der Waals surface area contributed by atoms with Gasteiger partial charge in [0, 0.05) is 25.2 Å². The van der Waals surface area contributed by atoms with Crippen LogP contribution in [-0.4, -0.2) is 43.8 Å². The molecule has 1 fully saturated rings. The Kier molecular flexibility index (Phi) is 5.88. The average molecular weight is 379 g/mol. The lowest BCUT2D eigenvalue weighted by Crippen LogP contribution is -2.45. The van der Waals surface area contributed by atoms with E-state index in [2.05, 4.69) is 0 Å². The number of piperidine rings is 1. The number of hydrogen-bond donors (Lipinski definition) is 1. The molecule has 1 heterocycles. The van der Waals surface area contributed by atoms with E-state index in [9.17, 15) is 32.5 Å². The number of nitrogens with one attached hydrogen (secondary N) is 1. The number of hydrogen-bond acceptors (Lipinski definition) is 5. The van der Waals surface area contributed by atoms with E-state index in [1.807, 2.05) is 5.32 Å². The van der Waals surface area contributed by atoms with E-state index in [0.29, 0.717) is 19.4 Å². The zero-order valence-electron chi connectivity index (χ0n) is 13.8. The molecule has 144 valence electrons. The van der Waals surface area contributed by atoms with Crippen LogP contribution in [0.5, 0.6) is 5.75 Å². The highest BCUT2D eigenvalue weighted by Gasteiger charge is 2.34. The Morgan fingerprint density at radius 2 is 2.15 bits per heavy atom. The first-order valence-corrected chi connectivity index (χ1v) is 7.73. The number of rotatable bonds is 5. The van der Waals surface area contributed by atoms with E-state index in [0.717, 1.165) is 6.07 Å². The van der Waals surface area contributed by atoms with Gasteiger partial charge in [0.15, 0.2) is 0 Å². The van der Waals surface area contributed by atoms with Crippen molar-refractivity contribution in [2.45, 2.75) is 19.0 Å². The predicted octanol–water partition coefficient (Wildman–Crippen LogP) is 2.64. The number of benzene rings is 1. The van der Waals surface area contributed by atoms with E-state index in [1.165, 1.54) is 18.1 Å². The van der Waals surface area contributed by atoms with Gasteiger partial charge < -0.3 is 15.0 Å². The monoisotopic (exact) mass is 379 g/mol. The van der Waals surface area contributed by atoms with Gasteiger partial charge >= 0.3 is 11.9 Å². The van der Waals surface area contributed by atoms with Crippen LogP contribution in [0.4, 0.5) is 28.9 Å². The summed E-state index contributed by atoms with van der Waals surface area (Å²) in [7, 11) is 1.27. The van der Waals surface area contributed by atoms with Crippen LogP contribution in [0.15, 0.2) is 12.1 Å². The number of amides is 1. The minimum Gasteiger partial charge on any atom is -0.497 e. The van der Waals surface area contributed by atoms with Gasteiger partial charge in [0.05, 0.1) is 18.0 Å². The van der Waals surface area contributed by atoms with Crippen molar-refractivity contribution in [1.82, 2.24) is 5.32 Å². The van der Waals surface area contributed by atoms with Gasteiger partial charge in [0.1, 0.15) is 18.0 Å². The van der Waals surface area contributed by atoms with Crippen molar-refractivity contribution in [2.24, 2.45) is 5.92 Å². The fourth-order valence-corrected chi connectivity index (χ4v) is 2.84. The van der Waals surface area contributed by atoms with Gasteiger partial charge in [-0.2, -0.15) is 17.6 Å². The number of anilines is 1. The largest absolute Gasteiger partial charge is 0.497 e. The average Bonchev–Trinajstić information content (AvgIpc) is 2.57. The highest BCUT2D eigenvalue weighted by atomic mass is 19.4. The lowest BCUT2D eigenvalue weighted by molar-refractivity contribution is -0.386. The van der Waals surface area contributed by atoms with Gasteiger partial charge in [-0.25, -0.2) is 0 Å². The molecule has 1 atom stereocenters. The van der Waals surface area contributed by atoms with E-state index in [1.54, 1.807) is 0 Å². The second-order valence-electron chi connectivity index (χ2n) is 5.85. The Labute approximate surface area is 146 Å². The Hall–Kier alpha value is -2.59. The minimum atomic E-state index is -4.53. The van der Waals surface area contributed by atoms with Gasteiger partial charge in [-0.05, 0) is 12.8 Å². The molecular formula is C15H17F4N3O4. The number of methoxy groups -OCH3 is 1. The molecular weight excluding hydrogens is 362 g/mol. The third-order valence-electron chi connectivity index (χ3n) is 4.03. The van der Waals surface area contributed by atoms with Crippen LogP contribution in [0.2, 0.25) is 0 Å². The number of nitro benzene ring substituents is 1. The number of nitro groups is 1. The molecule has 0 radical (unpaired) electrons. The molecule has 1 unspecified atom stereocenters. The highest BCUT2D eigenvalue weighted by Crippen LogP contribution is 2.37. The number of alkyl halides is 3. The molecule has 2 rings (SSSR count). The highest BCUT2D eigenvalue weighted by molar-refractivity contribution is 5.80. The smallest absolute Gasteiger partial charge is 0.405 e. The standard InChI is InChI=1S/C15H17F4N3O4/c1-26-10-5-11(16)13(22(24)25)12(6-10)21-4-2-3-9(7-21)14(23)20-8-15(17,18)19/h5-6,9H,2-4,7-8H2,1H3,(H,20,23). The van der Waals surface area contributed by atoms with Crippen molar-refractivity contribution in [3.05, 3.63) is 28.1 Å². The van der Waals surface area contributed by atoms with Crippen LogP contribution in [-0.2, 0) is 4.79 Å². The van der Waals surface area contributed by atoms with Crippen molar-refractivity contribution in [2.75, 3.05) is 31.6 Å². The van der Waals surface area contributed by atoms with Crippen LogP contribution in [0.3, 0.4) is 0 Å². The second kappa shape index (κ2) is 7.75. The minimum absolute atomic E-state index is 0.0584. The maximum atomic E-state index is 14.1. The first-order chi connectivity index (χ1) is 12.1. The summed E-state index contributed by atoms with van der Waals surface area (Å²) in [5.74, 6) is -2.61. The van der Waals surface area contributed by atoms with Gasteiger partial charge in [0.2, 0.25) is 11.7 Å². The van der Waals surface area contributed by atoms with Crippen LogP contribution in [0.1, 0.15) is 12.8 Å². The molecule has 0 spiro atoms. The summed E-state index contributed by atoms with van der Waals surface area (Å²) in [6, 6.07) is 2.15. The molecule has 1 saturated heterocycles. The number of ether oxygens (including phenoxy) is 1. The molecule has 0 aliphatic carbocycles. The fourth-order valence-electron chi connectivity index (χ4n) is 2.84. The van der Waals surface area contributed by atoms with Crippen LogP contribution in [0, 0.1) is 21.8 Å². The summed E-state index contributed by atoms with van der Waals surface area (Å²) in [6.45, 7) is -1.20. The van der Waals surface area contributed by atoms with E-state index >= 15 is 0 Å². The van der Waals surface area contributed by atoms with Crippen molar-refractivity contribution < 1.29 is 32.0 Å². The quantitative estimate of drug-likeness (QED) is 0.483. The van der Waals surface area contributed by atoms with Crippen LogP contribution >= 0.6 is 0 Å². The maximum absolute atomic E-state index is 14.1. The number of carbonyl (C=O) groups is 1. The lowest BCUT2D eigenvalue weighted by atomic mass is 9.96. The molecule has 11 heteroatoms. The molecule has 0 saturated carbocycles. The normalized spacial score (nSPS) is 17.7. The Balaban J connectivity index is 2.22. The van der Waals surface area contributed by atoms with E-state index in [4.69, 9.17) is 4.74 Å². The van der Waals surface area contributed by atoms with Crippen molar-refractivity contribution >= 4 is 17.3 Å². The van der Waals surface area contributed by atoms with Crippen molar-refractivity contribution in [1.29, 1.82) is 0 Å². The molecule has 26 heavy (non-hydrogen) atoms. The molecule has 1 N–H and O–H groups in total. The molecule has 1 amide bonds. The zero-order chi connectivity index (χ0) is 19.5. The Morgan fingerprint density at radius 1 is 1.46 bits per heavy atom. The first-order valence-electron chi connectivity index (χ1n) is 7.73. The third kappa shape index (κ3) is 4.73.